The summed E-state index contributed by atoms with van der Waals surface area (Å²) in [5.74, 6) is -2.05. The van der Waals surface area contributed by atoms with Gasteiger partial charge in [-0.2, -0.15) is 0 Å². The number of amides is 1. The van der Waals surface area contributed by atoms with Crippen LogP contribution < -0.4 is 11.1 Å². The number of carbonyl (C=O) groups excluding carboxylic acids is 1. The molecule has 0 aromatic heterocycles. The number of rotatable bonds is 8. The number of carboxylic acids is 1. The average Bonchev–Trinajstić information content (AvgIpc) is 2.50. The summed E-state index contributed by atoms with van der Waals surface area (Å²) < 4.78 is 0. The molecule has 21 heavy (non-hydrogen) atoms. The first-order valence-corrected chi connectivity index (χ1v) is 7.28. The normalized spacial score (nSPS) is 15.0. The molecular weight excluding hydrogens is 268 g/mol. The number of hydrogen-bond acceptors (Lipinski definition) is 3. The maximum absolute atomic E-state index is 12.1. The molecule has 1 amide bonds. The molecule has 0 aliphatic heterocycles. The van der Waals surface area contributed by atoms with E-state index in [9.17, 15) is 9.59 Å². The first-order valence-electron chi connectivity index (χ1n) is 7.28. The summed E-state index contributed by atoms with van der Waals surface area (Å²) in [6, 6.07) is 9.00. The lowest BCUT2D eigenvalue weighted by molar-refractivity contribution is -0.142. The van der Waals surface area contributed by atoms with E-state index in [0.717, 1.165) is 12.0 Å². The van der Waals surface area contributed by atoms with Crippen LogP contribution in [0.25, 0.3) is 0 Å². The number of benzene rings is 1. The molecule has 3 atom stereocenters. The molecule has 0 saturated carbocycles. The zero-order valence-corrected chi connectivity index (χ0v) is 12.6. The molecule has 116 valence electrons. The highest BCUT2D eigenvalue weighted by Gasteiger charge is 2.24. The van der Waals surface area contributed by atoms with E-state index in [1.165, 1.54) is 0 Å². The van der Waals surface area contributed by atoms with Gasteiger partial charge in [-0.25, -0.2) is 0 Å². The number of nitrogens with two attached hydrogens (primary N) is 1. The summed E-state index contributed by atoms with van der Waals surface area (Å²) in [5.41, 5.74) is 6.98. The molecule has 0 spiro atoms. The fourth-order valence-electron chi connectivity index (χ4n) is 2.17. The van der Waals surface area contributed by atoms with E-state index in [-0.39, 0.29) is 12.5 Å². The monoisotopic (exact) mass is 292 g/mol. The van der Waals surface area contributed by atoms with Gasteiger partial charge in [0.05, 0.1) is 11.8 Å². The summed E-state index contributed by atoms with van der Waals surface area (Å²) in [7, 11) is 0. The molecule has 1 aromatic rings. The minimum atomic E-state index is -0.878. The molecule has 0 saturated heterocycles. The lowest BCUT2D eigenvalue weighted by atomic mass is 9.94. The Morgan fingerprint density at radius 2 is 1.90 bits per heavy atom. The van der Waals surface area contributed by atoms with Crippen LogP contribution in [0.3, 0.4) is 0 Å². The van der Waals surface area contributed by atoms with Crippen molar-refractivity contribution in [2.75, 3.05) is 6.54 Å². The van der Waals surface area contributed by atoms with Gasteiger partial charge in [0.1, 0.15) is 0 Å². The van der Waals surface area contributed by atoms with Crippen molar-refractivity contribution in [3.63, 3.8) is 0 Å². The fourth-order valence-corrected chi connectivity index (χ4v) is 2.17. The predicted octanol–water partition coefficient (Wildman–Crippen LogP) is 1.94. The molecule has 0 fully saturated rings. The Morgan fingerprint density at radius 1 is 1.29 bits per heavy atom. The second-order valence-corrected chi connectivity index (χ2v) is 5.29. The molecule has 5 heteroatoms. The van der Waals surface area contributed by atoms with E-state index < -0.39 is 23.8 Å². The van der Waals surface area contributed by atoms with Crippen molar-refractivity contribution in [2.24, 2.45) is 17.6 Å². The zero-order valence-electron chi connectivity index (χ0n) is 12.6. The van der Waals surface area contributed by atoms with E-state index >= 15 is 0 Å². The molecular formula is C16H24N2O3. The second-order valence-electron chi connectivity index (χ2n) is 5.29. The van der Waals surface area contributed by atoms with Crippen molar-refractivity contribution in [1.29, 1.82) is 0 Å². The van der Waals surface area contributed by atoms with Gasteiger partial charge >= 0.3 is 5.97 Å². The van der Waals surface area contributed by atoms with Gasteiger partial charge in [-0.05, 0) is 12.0 Å². The van der Waals surface area contributed by atoms with Crippen LogP contribution in [0.4, 0.5) is 0 Å². The van der Waals surface area contributed by atoms with Crippen molar-refractivity contribution < 1.29 is 14.7 Å². The van der Waals surface area contributed by atoms with Crippen LogP contribution in [-0.2, 0) is 9.59 Å². The van der Waals surface area contributed by atoms with Gasteiger partial charge in [0.2, 0.25) is 5.91 Å². The third kappa shape index (κ3) is 5.19. The van der Waals surface area contributed by atoms with Crippen LogP contribution in [0, 0.1) is 11.8 Å². The van der Waals surface area contributed by atoms with Gasteiger partial charge in [-0.15, -0.1) is 0 Å². The maximum Gasteiger partial charge on any atom is 0.308 e. The van der Waals surface area contributed by atoms with Crippen LogP contribution in [0.1, 0.15) is 38.3 Å². The predicted molar refractivity (Wildman–Crippen MR) is 81.6 cm³/mol. The van der Waals surface area contributed by atoms with Gasteiger partial charge in [0, 0.05) is 12.6 Å². The molecule has 0 bridgehead atoms. The van der Waals surface area contributed by atoms with E-state index in [0.29, 0.717) is 6.42 Å². The van der Waals surface area contributed by atoms with E-state index in [1.54, 1.807) is 6.92 Å². The third-order valence-electron chi connectivity index (χ3n) is 3.65. The molecule has 5 nitrogen and oxygen atoms in total. The Kier molecular flexibility index (Phi) is 6.88. The molecule has 0 aliphatic rings. The maximum atomic E-state index is 12.1. The number of nitrogens with one attached hydrogen (secondary N) is 1. The SMILES string of the molecule is CCCC(CNC(=O)C(C)C(N)c1ccccc1)C(=O)O. The number of hydrogen-bond donors (Lipinski definition) is 3. The number of aliphatic carboxylic acids is 1. The Morgan fingerprint density at radius 3 is 2.43 bits per heavy atom. The minimum absolute atomic E-state index is 0.147. The van der Waals surface area contributed by atoms with Gasteiger partial charge in [0.15, 0.2) is 0 Å². The van der Waals surface area contributed by atoms with Crippen molar-refractivity contribution in [2.45, 2.75) is 32.7 Å². The zero-order chi connectivity index (χ0) is 15.8. The van der Waals surface area contributed by atoms with Crippen LogP contribution in [0.15, 0.2) is 30.3 Å². The first kappa shape index (κ1) is 17.2. The first-order chi connectivity index (χ1) is 9.97. The number of carboxylic acid groups (broad SMARTS) is 1. The summed E-state index contributed by atoms with van der Waals surface area (Å²) in [6.07, 6.45) is 1.32. The highest BCUT2D eigenvalue weighted by atomic mass is 16.4. The molecule has 1 rings (SSSR count). The van der Waals surface area contributed by atoms with Crippen molar-refractivity contribution in [1.82, 2.24) is 5.32 Å². The van der Waals surface area contributed by atoms with Crippen LogP contribution in [0.2, 0.25) is 0 Å². The summed E-state index contributed by atoms with van der Waals surface area (Å²) in [6.45, 7) is 3.82. The Balaban J connectivity index is 2.56. The van der Waals surface area contributed by atoms with Crippen LogP contribution in [0.5, 0.6) is 0 Å². The van der Waals surface area contributed by atoms with Crippen molar-refractivity contribution in [3.8, 4) is 0 Å². The Bertz CT molecular complexity index is 462. The van der Waals surface area contributed by atoms with Crippen LogP contribution in [-0.4, -0.2) is 23.5 Å². The Labute approximate surface area is 125 Å². The fraction of sp³-hybridized carbons (Fsp3) is 0.500. The van der Waals surface area contributed by atoms with Gasteiger partial charge < -0.3 is 16.2 Å². The quantitative estimate of drug-likeness (QED) is 0.682. The minimum Gasteiger partial charge on any atom is -0.481 e. The van der Waals surface area contributed by atoms with Gasteiger partial charge in [-0.1, -0.05) is 50.6 Å². The van der Waals surface area contributed by atoms with Crippen molar-refractivity contribution >= 4 is 11.9 Å². The molecule has 0 aliphatic carbocycles. The molecule has 1 aromatic carbocycles. The van der Waals surface area contributed by atoms with E-state index in [4.69, 9.17) is 10.8 Å². The topological polar surface area (TPSA) is 92.4 Å². The Hall–Kier alpha value is -1.88. The highest BCUT2D eigenvalue weighted by Crippen LogP contribution is 2.19. The number of carbonyl (C=O) groups is 2. The molecule has 3 unspecified atom stereocenters. The molecule has 4 N–H and O–H groups in total. The van der Waals surface area contributed by atoms with Crippen LogP contribution >= 0.6 is 0 Å². The van der Waals surface area contributed by atoms with Gasteiger partial charge in [0.25, 0.3) is 0 Å². The molecule has 0 heterocycles. The lowest BCUT2D eigenvalue weighted by Gasteiger charge is -2.21. The van der Waals surface area contributed by atoms with Gasteiger partial charge in [-0.3, -0.25) is 9.59 Å². The lowest BCUT2D eigenvalue weighted by Crippen LogP contribution is -2.39. The van der Waals surface area contributed by atoms with E-state index in [1.807, 2.05) is 37.3 Å². The van der Waals surface area contributed by atoms with Crippen molar-refractivity contribution in [3.05, 3.63) is 35.9 Å². The average molecular weight is 292 g/mol. The second kappa shape index (κ2) is 8.42. The summed E-state index contributed by atoms with van der Waals surface area (Å²) in [5, 5.41) is 11.8. The van der Waals surface area contributed by atoms with E-state index in [2.05, 4.69) is 5.32 Å². The smallest absolute Gasteiger partial charge is 0.308 e. The third-order valence-corrected chi connectivity index (χ3v) is 3.65. The molecule has 0 radical (unpaired) electrons. The highest BCUT2D eigenvalue weighted by molar-refractivity contribution is 5.80. The largest absolute Gasteiger partial charge is 0.481 e. The summed E-state index contributed by atoms with van der Waals surface area (Å²) >= 11 is 0. The summed E-state index contributed by atoms with van der Waals surface area (Å²) in [4.78, 5) is 23.2. The standard InChI is InChI=1S/C16H24N2O3/c1-3-7-13(16(20)21)10-18-15(19)11(2)14(17)12-8-5-4-6-9-12/h4-6,8-9,11,13-14H,3,7,10,17H2,1-2H3,(H,18,19)(H,20,21).